The number of hydrogen-bond acceptors (Lipinski definition) is 2. The fourth-order valence-corrected chi connectivity index (χ4v) is 1.19. The minimum atomic E-state index is 0.581. The average molecular weight is 138 g/mol. The van der Waals surface area contributed by atoms with Crippen molar-refractivity contribution in [2.75, 3.05) is 0 Å². The third-order valence-corrected chi connectivity index (χ3v) is 2.06. The normalized spacial score (nSPS) is 26.7. The molecule has 0 fully saturated rings. The maximum atomic E-state index is 5.65. The molecule has 1 aliphatic rings. The molecule has 0 aromatic carbocycles. The summed E-state index contributed by atoms with van der Waals surface area (Å²) < 4.78 is 0. The van der Waals surface area contributed by atoms with Crippen LogP contribution in [0.4, 0.5) is 0 Å². The van der Waals surface area contributed by atoms with Crippen molar-refractivity contribution in [3.63, 3.8) is 0 Å². The first-order valence-corrected chi connectivity index (χ1v) is 3.61. The van der Waals surface area contributed by atoms with Crippen LogP contribution in [0, 0.1) is 5.92 Å². The van der Waals surface area contributed by atoms with Crippen LogP contribution >= 0.6 is 0 Å². The van der Waals surface area contributed by atoms with Gasteiger partial charge in [-0.3, -0.25) is 0 Å². The molecule has 1 aliphatic heterocycles. The van der Waals surface area contributed by atoms with Gasteiger partial charge in [0.1, 0.15) is 5.82 Å². The zero-order valence-electron chi connectivity index (χ0n) is 6.81. The smallest absolute Gasteiger partial charge is 0.122 e. The first-order chi connectivity index (χ1) is 4.61. The predicted octanol–water partition coefficient (Wildman–Crippen LogP) is 1.68. The maximum Gasteiger partial charge on any atom is 0.122 e. The van der Waals surface area contributed by atoms with Gasteiger partial charge in [-0.05, 0) is 31.8 Å². The number of nitrogens with two attached hydrogens (primary N) is 1. The topological polar surface area (TPSA) is 38.4 Å². The Hall–Kier alpha value is -0.790. The van der Waals surface area contributed by atoms with Gasteiger partial charge in [-0.15, -0.1) is 0 Å². The highest BCUT2D eigenvalue weighted by Gasteiger charge is 2.13. The summed E-state index contributed by atoms with van der Waals surface area (Å²) in [4.78, 5) is 4.19. The summed E-state index contributed by atoms with van der Waals surface area (Å²) in [5.41, 5.74) is 8.03. The predicted molar refractivity (Wildman–Crippen MR) is 43.8 cm³/mol. The quantitative estimate of drug-likeness (QED) is 0.543. The third-order valence-electron chi connectivity index (χ3n) is 2.06. The largest absolute Gasteiger partial charge is 0.384 e. The lowest BCUT2D eigenvalue weighted by Crippen LogP contribution is -2.15. The fraction of sp³-hybridized carbons (Fsp3) is 0.625. The second-order valence-corrected chi connectivity index (χ2v) is 3.02. The van der Waals surface area contributed by atoms with E-state index in [9.17, 15) is 0 Å². The highest BCUT2D eigenvalue weighted by Crippen LogP contribution is 2.21. The Morgan fingerprint density at radius 3 is 2.60 bits per heavy atom. The van der Waals surface area contributed by atoms with Gasteiger partial charge in [0.25, 0.3) is 0 Å². The van der Waals surface area contributed by atoms with Crippen molar-refractivity contribution in [3.05, 3.63) is 11.4 Å². The molecule has 0 aromatic heterocycles. The van der Waals surface area contributed by atoms with E-state index in [0.717, 1.165) is 18.0 Å². The van der Waals surface area contributed by atoms with Gasteiger partial charge in [0.2, 0.25) is 0 Å². The molecule has 0 saturated carbocycles. The van der Waals surface area contributed by atoms with Crippen LogP contribution in [0.5, 0.6) is 0 Å². The van der Waals surface area contributed by atoms with E-state index in [1.54, 1.807) is 0 Å². The Kier molecular flexibility index (Phi) is 1.79. The first kappa shape index (κ1) is 7.32. The van der Waals surface area contributed by atoms with Crippen molar-refractivity contribution in [2.45, 2.75) is 27.2 Å². The van der Waals surface area contributed by atoms with Crippen LogP contribution in [0.2, 0.25) is 0 Å². The van der Waals surface area contributed by atoms with E-state index in [1.165, 1.54) is 5.57 Å². The van der Waals surface area contributed by atoms with E-state index < -0.39 is 0 Å². The molecule has 0 spiro atoms. The van der Waals surface area contributed by atoms with E-state index in [2.05, 4.69) is 18.8 Å². The number of allylic oxidation sites excluding steroid dienone is 1. The van der Waals surface area contributed by atoms with E-state index in [4.69, 9.17) is 5.73 Å². The molecule has 10 heavy (non-hydrogen) atoms. The molecule has 56 valence electrons. The lowest BCUT2D eigenvalue weighted by atomic mass is 9.94. The van der Waals surface area contributed by atoms with Gasteiger partial charge in [0, 0.05) is 5.71 Å². The summed E-state index contributed by atoms with van der Waals surface area (Å²) in [5, 5.41) is 0. The van der Waals surface area contributed by atoms with Crippen LogP contribution in [-0.4, -0.2) is 5.71 Å². The monoisotopic (exact) mass is 138 g/mol. The van der Waals surface area contributed by atoms with Gasteiger partial charge in [-0.25, -0.2) is 4.99 Å². The van der Waals surface area contributed by atoms with Crippen LogP contribution in [-0.2, 0) is 0 Å². The molecular weight excluding hydrogens is 124 g/mol. The van der Waals surface area contributed by atoms with Crippen LogP contribution in [0.3, 0.4) is 0 Å². The van der Waals surface area contributed by atoms with Crippen LogP contribution in [0.15, 0.2) is 16.4 Å². The Labute approximate surface area is 61.8 Å². The molecular formula is C8H14N2. The Morgan fingerprint density at radius 1 is 1.50 bits per heavy atom. The molecule has 1 atom stereocenters. The molecule has 2 nitrogen and oxygen atoms in total. The van der Waals surface area contributed by atoms with Crippen LogP contribution in [0.25, 0.3) is 0 Å². The molecule has 2 heteroatoms. The number of aliphatic imine (C=N–C) groups is 1. The average Bonchev–Trinajstić information content (AvgIpc) is 1.82. The number of nitrogens with zero attached hydrogens (tertiary/aromatic N) is 1. The van der Waals surface area contributed by atoms with Gasteiger partial charge in [0.15, 0.2) is 0 Å². The van der Waals surface area contributed by atoms with Crippen molar-refractivity contribution in [2.24, 2.45) is 16.6 Å². The van der Waals surface area contributed by atoms with Gasteiger partial charge in [-0.2, -0.15) is 0 Å². The molecule has 0 amide bonds. The van der Waals surface area contributed by atoms with Crippen molar-refractivity contribution in [1.82, 2.24) is 0 Å². The van der Waals surface area contributed by atoms with Crippen molar-refractivity contribution >= 4 is 5.71 Å². The van der Waals surface area contributed by atoms with Crippen molar-refractivity contribution in [3.8, 4) is 0 Å². The van der Waals surface area contributed by atoms with Gasteiger partial charge in [0.05, 0.1) is 0 Å². The summed E-state index contributed by atoms with van der Waals surface area (Å²) >= 11 is 0. The zero-order valence-corrected chi connectivity index (χ0v) is 6.81. The number of rotatable bonds is 0. The summed E-state index contributed by atoms with van der Waals surface area (Å²) in [7, 11) is 0. The summed E-state index contributed by atoms with van der Waals surface area (Å²) in [5.74, 6) is 1.30. The zero-order chi connectivity index (χ0) is 7.72. The summed E-state index contributed by atoms with van der Waals surface area (Å²) in [6, 6.07) is 0. The first-order valence-electron chi connectivity index (χ1n) is 3.61. The van der Waals surface area contributed by atoms with E-state index in [1.807, 2.05) is 6.92 Å². The Balaban J connectivity index is 2.92. The standard InChI is InChI=1S/C8H14N2/c1-5-4-6(2)10-8(9)7(5)3/h5H,4,9H2,1-3H3. The van der Waals surface area contributed by atoms with Gasteiger partial charge >= 0.3 is 0 Å². The minimum Gasteiger partial charge on any atom is -0.384 e. The highest BCUT2D eigenvalue weighted by atomic mass is 14.9. The minimum absolute atomic E-state index is 0.581. The lowest BCUT2D eigenvalue weighted by Gasteiger charge is -2.18. The van der Waals surface area contributed by atoms with Crippen molar-refractivity contribution < 1.29 is 0 Å². The van der Waals surface area contributed by atoms with Crippen molar-refractivity contribution in [1.29, 1.82) is 0 Å². The van der Waals surface area contributed by atoms with Crippen LogP contribution < -0.4 is 5.73 Å². The Morgan fingerprint density at radius 2 is 2.10 bits per heavy atom. The molecule has 1 rings (SSSR count). The van der Waals surface area contributed by atoms with E-state index in [0.29, 0.717) is 5.92 Å². The van der Waals surface area contributed by atoms with Gasteiger partial charge < -0.3 is 5.73 Å². The molecule has 0 aromatic rings. The van der Waals surface area contributed by atoms with Crippen LogP contribution in [0.1, 0.15) is 27.2 Å². The fourth-order valence-electron chi connectivity index (χ4n) is 1.19. The SMILES string of the molecule is CC1=NC(N)=C(C)C(C)C1. The Bertz CT molecular complexity index is 201. The van der Waals surface area contributed by atoms with E-state index in [-0.39, 0.29) is 0 Å². The highest BCUT2D eigenvalue weighted by molar-refractivity contribution is 5.84. The lowest BCUT2D eigenvalue weighted by molar-refractivity contribution is 0.684. The summed E-state index contributed by atoms with van der Waals surface area (Å²) in [6.45, 7) is 6.26. The summed E-state index contributed by atoms with van der Waals surface area (Å²) in [6.07, 6.45) is 1.06. The van der Waals surface area contributed by atoms with E-state index >= 15 is 0 Å². The molecule has 0 bridgehead atoms. The second kappa shape index (κ2) is 2.45. The van der Waals surface area contributed by atoms with Gasteiger partial charge in [-0.1, -0.05) is 6.92 Å². The molecule has 1 unspecified atom stereocenters. The number of hydrogen-bond donors (Lipinski definition) is 1. The molecule has 2 N–H and O–H groups in total. The maximum absolute atomic E-state index is 5.65. The molecule has 0 radical (unpaired) electrons. The molecule has 0 aliphatic carbocycles. The third kappa shape index (κ3) is 1.20. The molecule has 1 heterocycles. The molecule has 0 saturated heterocycles. The second-order valence-electron chi connectivity index (χ2n) is 3.02.